The van der Waals surface area contributed by atoms with Crippen molar-refractivity contribution in [3.05, 3.63) is 29.8 Å². The summed E-state index contributed by atoms with van der Waals surface area (Å²) >= 11 is 0. The smallest absolute Gasteiger partial charge is 0.318 e. The van der Waals surface area contributed by atoms with Gasteiger partial charge in [0.25, 0.3) is 0 Å². The van der Waals surface area contributed by atoms with E-state index in [1.807, 2.05) is 12.1 Å². The first-order valence-corrected chi connectivity index (χ1v) is 10.3. The number of anilines is 1. The Hall–Kier alpha value is -1.87. The molecule has 0 spiro atoms. The number of hydrogen-bond acceptors (Lipinski definition) is 6. The van der Waals surface area contributed by atoms with E-state index in [1.165, 1.54) is 5.56 Å². The first-order chi connectivity index (χ1) is 13.5. The van der Waals surface area contributed by atoms with Crippen molar-refractivity contribution in [1.82, 2.24) is 31.5 Å². The lowest BCUT2D eigenvalue weighted by Crippen LogP contribution is -2.68. The molecule has 8 nitrogen and oxygen atoms in total. The van der Waals surface area contributed by atoms with Crippen LogP contribution in [0.5, 0.6) is 0 Å². The zero-order valence-electron chi connectivity index (χ0n) is 17.2. The SMILES string of the molecule is CC1CC(NCCCN(C)C)NC(NC(=O)NC2CCc3ccccc3N2)N1. The molecule has 2 amide bonds. The van der Waals surface area contributed by atoms with Crippen LogP contribution in [-0.4, -0.2) is 62.8 Å². The monoisotopic (exact) mass is 389 g/mol. The average Bonchev–Trinajstić information content (AvgIpc) is 2.64. The lowest BCUT2D eigenvalue weighted by molar-refractivity contribution is 0.186. The molecule has 6 N–H and O–H groups in total. The number of para-hydroxylation sites is 1. The van der Waals surface area contributed by atoms with Crippen molar-refractivity contribution in [1.29, 1.82) is 0 Å². The molecule has 2 heterocycles. The van der Waals surface area contributed by atoms with Gasteiger partial charge in [0.05, 0.1) is 6.17 Å². The highest BCUT2D eigenvalue weighted by atomic mass is 16.2. The lowest BCUT2D eigenvalue weighted by Gasteiger charge is -2.37. The summed E-state index contributed by atoms with van der Waals surface area (Å²) in [5.74, 6) is 0. The third-order valence-corrected chi connectivity index (χ3v) is 5.21. The molecule has 8 heteroatoms. The number of nitrogens with zero attached hydrogens (tertiary/aromatic N) is 1. The van der Waals surface area contributed by atoms with Gasteiger partial charge in [-0.05, 0) is 71.4 Å². The molecular formula is C20H35N7O. The highest BCUT2D eigenvalue weighted by Crippen LogP contribution is 2.23. The normalized spacial score (nSPS) is 27.0. The molecule has 1 aromatic carbocycles. The van der Waals surface area contributed by atoms with Crippen LogP contribution in [0.15, 0.2) is 24.3 Å². The molecule has 0 radical (unpaired) electrons. The van der Waals surface area contributed by atoms with Crippen LogP contribution in [0.25, 0.3) is 0 Å². The minimum absolute atomic E-state index is 0.0594. The molecule has 3 rings (SSSR count). The van der Waals surface area contributed by atoms with Crippen LogP contribution in [0.3, 0.4) is 0 Å². The first kappa shape index (κ1) is 20.9. The Balaban J connectivity index is 1.42. The molecule has 1 aromatic rings. The van der Waals surface area contributed by atoms with Gasteiger partial charge in [0, 0.05) is 11.7 Å². The predicted octanol–water partition coefficient (Wildman–Crippen LogP) is 0.792. The Morgan fingerprint density at radius 3 is 2.82 bits per heavy atom. The number of urea groups is 1. The lowest BCUT2D eigenvalue weighted by atomic mass is 10.0. The molecule has 28 heavy (non-hydrogen) atoms. The van der Waals surface area contributed by atoms with Crippen LogP contribution in [0.4, 0.5) is 10.5 Å². The number of hydrogen-bond donors (Lipinski definition) is 6. The molecule has 0 aromatic heterocycles. The molecule has 2 aliphatic rings. The Labute approximate surface area is 168 Å². The van der Waals surface area contributed by atoms with Crippen molar-refractivity contribution in [3.63, 3.8) is 0 Å². The number of amides is 2. The molecule has 1 saturated heterocycles. The number of benzene rings is 1. The largest absolute Gasteiger partial charge is 0.365 e. The summed E-state index contributed by atoms with van der Waals surface area (Å²) in [6, 6.07) is 8.38. The van der Waals surface area contributed by atoms with E-state index in [4.69, 9.17) is 0 Å². The number of fused-ring (bicyclic) bond motifs is 1. The number of aryl methyl sites for hydroxylation is 1. The van der Waals surface area contributed by atoms with Crippen LogP contribution in [0.2, 0.25) is 0 Å². The fourth-order valence-corrected chi connectivity index (χ4v) is 3.80. The molecular weight excluding hydrogens is 354 g/mol. The van der Waals surface area contributed by atoms with E-state index in [9.17, 15) is 4.79 Å². The molecule has 4 unspecified atom stereocenters. The van der Waals surface area contributed by atoms with Crippen LogP contribution in [0.1, 0.15) is 31.7 Å². The zero-order chi connectivity index (χ0) is 19.9. The molecule has 2 aliphatic heterocycles. The maximum atomic E-state index is 12.5. The van der Waals surface area contributed by atoms with E-state index >= 15 is 0 Å². The quantitative estimate of drug-likeness (QED) is 0.387. The second-order valence-electron chi connectivity index (χ2n) is 8.08. The van der Waals surface area contributed by atoms with E-state index in [0.29, 0.717) is 6.04 Å². The van der Waals surface area contributed by atoms with E-state index in [1.54, 1.807) is 0 Å². The molecule has 0 aliphatic carbocycles. The van der Waals surface area contributed by atoms with Gasteiger partial charge in [0.1, 0.15) is 12.5 Å². The van der Waals surface area contributed by atoms with Gasteiger partial charge < -0.3 is 26.2 Å². The van der Waals surface area contributed by atoms with E-state index in [-0.39, 0.29) is 24.7 Å². The van der Waals surface area contributed by atoms with Crippen LogP contribution >= 0.6 is 0 Å². The van der Waals surface area contributed by atoms with Gasteiger partial charge in [-0.2, -0.15) is 0 Å². The number of carbonyl (C=O) groups excluding carboxylic acids is 1. The van der Waals surface area contributed by atoms with Gasteiger partial charge in [-0.15, -0.1) is 0 Å². The van der Waals surface area contributed by atoms with Crippen molar-refractivity contribution in [2.24, 2.45) is 0 Å². The summed E-state index contributed by atoms with van der Waals surface area (Å²) in [7, 11) is 4.17. The average molecular weight is 390 g/mol. The first-order valence-electron chi connectivity index (χ1n) is 10.3. The van der Waals surface area contributed by atoms with Crippen molar-refractivity contribution in [3.8, 4) is 0 Å². The maximum absolute atomic E-state index is 12.5. The van der Waals surface area contributed by atoms with E-state index in [2.05, 4.69) is 70.0 Å². The molecule has 0 bridgehead atoms. The third-order valence-electron chi connectivity index (χ3n) is 5.21. The van der Waals surface area contributed by atoms with Gasteiger partial charge in [0.15, 0.2) is 0 Å². The minimum Gasteiger partial charge on any atom is -0.365 e. The second-order valence-corrected chi connectivity index (χ2v) is 8.08. The highest BCUT2D eigenvalue weighted by molar-refractivity contribution is 5.75. The van der Waals surface area contributed by atoms with E-state index < -0.39 is 0 Å². The van der Waals surface area contributed by atoms with Gasteiger partial charge in [-0.3, -0.25) is 10.6 Å². The van der Waals surface area contributed by atoms with Crippen LogP contribution in [0, 0.1) is 0 Å². The zero-order valence-corrected chi connectivity index (χ0v) is 17.2. The topological polar surface area (TPSA) is 92.5 Å². The number of nitrogens with one attached hydrogen (secondary N) is 6. The van der Waals surface area contributed by atoms with Gasteiger partial charge in [0.2, 0.25) is 0 Å². The molecule has 1 fully saturated rings. The van der Waals surface area contributed by atoms with Crippen molar-refractivity contribution in [2.75, 3.05) is 32.5 Å². The minimum atomic E-state index is -0.258. The fourth-order valence-electron chi connectivity index (χ4n) is 3.80. The molecule has 156 valence electrons. The van der Waals surface area contributed by atoms with Gasteiger partial charge in [-0.1, -0.05) is 18.2 Å². The standard InChI is InChI=1S/C20H35N7O/c1-14-13-18(21-11-6-12-27(2)3)24-19(22-14)26-20(28)25-17-10-9-15-7-4-5-8-16(15)23-17/h4-5,7-8,14,17-19,21-24H,6,9-13H2,1-3H3,(H2,25,26,28). The van der Waals surface area contributed by atoms with Gasteiger partial charge >= 0.3 is 6.03 Å². The summed E-state index contributed by atoms with van der Waals surface area (Å²) < 4.78 is 0. The van der Waals surface area contributed by atoms with Gasteiger partial charge in [-0.25, -0.2) is 4.79 Å². The summed E-state index contributed by atoms with van der Waals surface area (Å²) in [5.41, 5.74) is 2.40. The Bertz CT molecular complexity index is 639. The van der Waals surface area contributed by atoms with Crippen molar-refractivity contribution < 1.29 is 4.79 Å². The van der Waals surface area contributed by atoms with Crippen LogP contribution in [-0.2, 0) is 6.42 Å². The van der Waals surface area contributed by atoms with Crippen LogP contribution < -0.4 is 31.9 Å². The maximum Gasteiger partial charge on any atom is 0.318 e. The molecule has 4 atom stereocenters. The number of rotatable bonds is 7. The summed E-state index contributed by atoms with van der Waals surface area (Å²) in [4.78, 5) is 14.7. The third kappa shape index (κ3) is 6.34. The molecule has 0 saturated carbocycles. The Morgan fingerprint density at radius 2 is 2.00 bits per heavy atom. The predicted molar refractivity (Wildman–Crippen MR) is 113 cm³/mol. The summed E-state index contributed by atoms with van der Waals surface area (Å²) in [6.07, 6.45) is 3.78. The fraction of sp³-hybridized carbons (Fsp3) is 0.650. The van der Waals surface area contributed by atoms with E-state index in [0.717, 1.165) is 44.5 Å². The Kier molecular flexibility index (Phi) is 7.50. The van der Waals surface area contributed by atoms with Crippen molar-refractivity contribution >= 4 is 11.7 Å². The Morgan fingerprint density at radius 1 is 1.18 bits per heavy atom. The second kappa shape index (κ2) is 10.1. The van der Waals surface area contributed by atoms with Crippen molar-refractivity contribution in [2.45, 2.75) is 57.3 Å². The summed E-state index contributed by atoms with van der Waals surface area (Å²) in [6.45, 7) is 4.16. The number of carbonyl (C=O) groups is 1. The highest BCUT2D eigenvalue weighted by Gasteiger charge is 2.26. The summed E-state index contributed by atoms with van der Waals surface area (Å²) in [5, 5.41) is 19.8.